The third kappa shape index (κ3) is 5.29. The van der Waals surface area contributed by atoms with Gasteiger partial charge in [0.15, 0.2) is 11.5 Å². The van der Waals surface area contributed by atoms with Gasteiger partial charge in [0.1, 0.15) is 0 Å². The van der Waals surface area contributed by atoms with Crippen LogP contribution in [0.25, 0.3) is 0 Å². The van der Waals surface area contributed by atoms with E-state index in [1.54, 1.807) is 18.2 Å². The van der Waals surface area contributed by atoms with Crippen LogP contribution in [0.15, 0.2) is 47.4 Å². The summed E-state index contributed by atoms with van der Waals surface area (Å²) >= 11 is 0. The number of benzene rings is 2. The lowest BCUT2D eigenvalue weighted by atomic mass is 10.2. The van der Waals surface area contributed by atoms with Crippen molar-refractivity contribution >= 4 is 21.4 Å². The van der Waals surface area contributed by atoms with E-state index in [1.807, 2.05) is 12.1 Å². The Morgan fingerprint density at radius 3 is 2.15 bits per heavy atom. The summed E-state index contributed by atoms with van der Waals surface area (Å²) in [5, 5.41) is 3.32. The molecule has 0 amide bonds. The van der Waals surface area contributed by atoms with Crippen molar-refractivity contribution < 1.29 is 17.9 Å². The normalized spacial score (nSPS) is 11.0. The Bertz CT molecular complexity index is 805. The van der Waals surface area contributed by atoms with Gasteiger partial charge < -0.3 is 14.8 Å². The molecule has 0 saturated heterocycles. The van der Waals surface area contributed by atoms with E-state index in [2.05, 4.69) is 17.0 Å². The number of anilines is 2. The summed E-state index contributed by atoms with van der Waals surface area (Å²) < 4.78 is 38.0. The molecule has 26 heavy (non-hydrogen) atoms. The molecule has 7 heteroatoms. The minimum absolute atomic E-state index is 0.108. The monoisotopic (exact) mass is 378 g/mol. The molecule has 0 radical (unpaired) electrons. The minimum Gasteiger partial charge on any atom is -0.493 e. The number of methoxy groups -OCH3 is 2. The zero-order chi connectivity index (χ0) is 19.0. The van der Waals surface area contributed by atoms with Gasteiger partial charge in [0.2, 0.25) is 0 Å². The van der Waals surface area contributed by atoms with Crippen LogP contribution in [0.4, 0.5) is 11.4 Å². The lowest BCUT2D eigenvalue weighted by Crippen LogP contribution is -2.13. The van der Waals surface area contributed by atoms with E-state index in [4.69, 9.17) is 9.47 Å². The fourth-order valence-electron chi connectivity index (χ4n) is 2.46. The Morgan fingerprint density at radius 1 is 0.885 bits per heavy atom. The van der Waals surface area contributed by atoms with E-state index in [1.165, 1.54) is 39.2 Å². The summed E-state index contributed by atoms with van der Waals surface area (Å²) in [4.78, 5) is 0.108. The Kier molecular flexibility index (Phi) is 7.15. The molecule has 0 bridgehead atoms. The van der Waals surface area contributed by atoms with E-state index < -0.39 is 10.0 Å². The van der Waals surface area contributed by atoms with Crippen molar-refractivity contribution in [2.75, 3.05) is 30.8 Å². The van der Waals surface area contributed by atoms with E-state index in [9.17, 15) is 8.42 Å². The average molecular weight is 378 g/mol. The molecule has 2 N–H and O–H groups in total. The molecule has 0 fully saturated rings. The van der Waals surface area contributed by atoms with Crippen molar-refractivity contribution in [3.8, 4) is 11.5 Å². The molecular weight excluding hydrogens is 352 g/mol. The van der Waals surface area contributed by atoms with E-state index in [0.717, 1.165) is 18.7 Å². The zero-order valence-electron chi connectivity index (χ0n) is 15.4. The van der Waals surface area contributed by atoms with Crippen molar-refractivity contribution in [1.82, 2.24) is 0 Å². The molecule has 0 heterocycles. The number of hydrogen-bond acceptors (Lipinski definition) is 5. The maximum atomic E-state index is 12.6. The summed E-state index contributed by atoms with van der Waals surface area (Å²) in [5.74, 6) is 0.840. The van der Waals surface area contributed by atoms with Crippen LogP contribution in [0, 0.1) is 0 Å². The Balaban J connectivity index is 2.07. The van der Waals surface area contributed by atoms with Crippen LogP contribution in [0.3, 0.4) is 0 Å². The second-order valence-corrected chi connectivity index (χ2v) is 7.52. The largest absolute Gasteiger partial charge is 0.493 e. The zero-order valence-corrected chi connectivity index (χ0v) is 16.2. The number of ether oxygens (including phenoxy) is 2. The third-order valence-corrected chi connectivity index (χ3v) is 5.29. The molecule has 0 aliphatic carbocycles. The van der Waals surface area contributed by atoms with Crippen LogP contribution in [0.2, 0.25) is 0 Å². The molecule has 0 saturated carbocycles. The predicted octanol–water partition coefficient (Wildman–Crippen LogP) is 4.11. The summed E-state index contributed by atoms with van der Waals surface area (Å²) in [6.07, 6.45) is 3.49. The van der Waals surface area contributed by atoms with Crippen LogP contribution < -0.4 is 19.5 Å². The lowest BCUT2D eigenvalue weighted by Gasteiger charge is -2.12. The average Bonchev–Trinajstić information content (AvgIpc) is 2.65. The first-order chi connectivity index (χ1) is 12.5. The standard InChI is InChI=1S/C19H26N2O4S/c1-4-5-6-13-20-15-7-9-16(10-8-15)21-26(22,23)17-11-12-18(24-2)19(14-17)25-3/h7-12,14,20-21H,4-6,13H2,1-3H3. The van der Waals surface area contributed by atoms with Crippen molar-refractivity contribution in [1.29, 1.82) is 0 Å². The molecule has 142 valence electrons. The number of hydrogen-bond donors (Lipinski definition) is 2. The van der Waals surface area contributed by atoms with Crippen LogP contribution in [0.1, 0.15) is 26.2 Å². The van der Waals surface area contributed by atoms with Crippen molar-refractivity contribution in [2.45, 2.75) is 31.1 Å². The molecule has 0 atom stereocenters. The van der Waals surface area contributed by atoms with Crippen LogP contribution >= 0.6 is 0 Å². The molecule has 0 aromatic heterocycles. The highest BCUT2D eigenvalue weighted by molar-refractivity contribution is 7.92. The quantitative estimate of drug-likeness (QED) is 0.609. The highest BCUT2D eigenvalue weighted by atomic mass is 32.2. The van der Waals surface area contributed by atoms with E-state index in [0.29, 0.717) is 17.2 Å². The second kappa shape index (κ2) is 9.33. The van der Waals surface area contributed by atoms with Gasteiger partial charge in [0.05, 0.1) is 19.1 Å². The predicted molar refractivity (Wildman–Crippen MR) is 105 cm³/mol. The van der Waals surface area contributed by atoms with E-state index >= 15 is 0 Å². The molecule has 2 rings (SSSR count). The lowest BCUT2D eigenvalue weighted by molar-refractivity contribution is 0.354. The third-order valence-electron chi connectivity index (χ3n) is 3.91. The van der Waals surface area contributed by atoms with E-state index in [-0.39, 0.29) is 4.90 Å². The number of rotatable bonds is 10. The molecule has 2 aromatic rings. The Hall–Kier alpha value is -2.41. The summed E-state index contributed by atoms with van der Waals surface area (Å²) in [7, 11) is -0.746. The minimum atomic E-state index is -3.71. The molecule has 0 unspecified atom stereocenters. The van der Waals surface area contributed by atoms with Gasteiger partial charge in [-0.1, -0.05) is 19.8 Å². The fraction of sp³-hybridized carbons (Fsp3) is 0.368. The molecular formula is C19H26N2O4S. The fourth-order valence-corrected chi connectivity index (χ4v) is 3.54. The van der Waals surface area contributed by atoms with Gasteiger partial charge in [-0.3, -0.25) is 4.72 Å². The first kappa shape index (κ1) is 19.9. The molecule has 0 aliphatic heterocycles. The molecule has 0 spiro atoms. The number of sulfonamides is 1. The summed E-state index contributed by atoms with van der Waals surface area (Å²) in [6.45, 7) is 3.07. The Labute approximate surface area is 155 Å². The summed E-state index contributed by atoms with van der Waals surface area (Å²) in [6, 6.07) is 11.7. The first-order valence-electron chi connectivity index (χ1n) is 8.59. The van der Waals surface area contributed by atoms with Crippen LogP contribution in [0.5, 0.6) is 11.5 Å². The van der Waals surface area contributed by atoms with Crippen LogP contribution in [-0.4, -0.2) is 29.2 Å². The van der Waals surface area contributed by atoms with Gasteiger partial charge in [0.25, 0.3) is 10.0 Å². The van der Waals surface area contributed by atoms with Gasteiger partial charge in [-0.2, -0.15) is 0 Å². The topological polar surface area (TPSA) is 76.7 Å². The SMILES string of the molecule is CCCCCNc1ccc(NS(=O)(=O)c2ccc(OC)c(OC)c2)cc1. The van der Waals surface area contributed by atoms with Crippen molar-refractivity contribution in [2.24, 2.45) is 0 Å². The summed E-state index contributed by atoms with van der Waals surface area (Å²) in [5.41, 5.74) is 1.47. The Morgan fingerprint density at radius 2 is 1.54 bits per heavy atom. The maximum Gasteiger partial charge on any atom is 0.262 e. The van der Waals surface area contributed by atoms with Crippen molar-refractivity contribution in [3.63, 3.8) is 0 Å². The number of nitrogens with one attached hydrogen (secondary N) is 2. The van der Waals surface area contributed by atoms with Crippen LogP contribution in [-0.2, 0) is 10.0 Å². The highest BCUT2D eigenvalue weighted by Crippen LogP contribution is 2.30. The van der Waals surface area contributed by atoms with Gasteiger partial charge in [0, 0.05) is 24.0 Å². The number of unbranched alkanes of at least 4 members (excludes halogenated alkanes) is 2. The molecule has 2 aromatic carbocycles. The van der Waals surface area contributed by atoms with Gasteiger partial charge >= 0.3 is 0 Å². The second-order valence-electron chi connectivity index (χ2n) is 5.83. The maximum absolute atomic E-state index is 12.6. The molecule has 6 nitrogen and oxygen atoms in total. The van der Waals surface area contributed by atoms with Crippen molar-refractivity contribution in [3.05, 3.63) is 42.5 Å². The smallest absolute Gasteiger partial charge is 0.262 e. The van der Waals surface area contributed by atoms with Gasteiger partial charge in [-0.15, -0.1) is 0 Å². The first-order valence-corrected chi connectivity index (χ1v) is 10.1. The van der Waals surface area contributed by atoms with Gasteiger partial charge in [-0.25, -0.2) is 8.42 Å². The van der Waals surface area contributed by atoms with Gasteiger partial charge in [-0.05, 0) is 42.8 Å². The molecule has 0 aliphatic rings. The highest BCUT2D eigenvalue weighted by Gasteiger charge is 2.17.